The maximum Gasteiger partial charge on any atom is 0.271 e. The minimum Gasteiger partial charge on any atom is -0.296 e. The number of aryl methyl sites for hydroxylation is 2. The van der Waals surface area contributed by atoms with Gasteiger partial charge in [-0.05, 0) is 13.8 Å². The number of rotatable bonds is 2. The lowest BCUT2D eigenvalue weighted by atomic mass is 10.3. The summed E-state index contributed by atoms with van der Waals surface area (Å²) in [7, 11) is 0. The van der Waals surface area contributed by atoms with E-state index >= 15 is 0 Å². The molecule has 0 saturated heterocycles. The van der Waals surface area contributed by atoms with Crippen LogP contribution in [0.25, 0.3) is 4.96 Å². The third-order valence-corrected chi connectivity index (χ3v) is 4.18. The summed E-state index contributed by atoms with van der Waals surface area (Å²) in [6.07, 6.45) is 2.96. The van der Waals surface area contributed by atoms with Gasteiger partial charge in [-0.25, -0.2) is 4.98 Å². The zero-order chi connectivity index (χ0) is 14.3. The minimum absolute atomic E-state index is 0.0202. The van der Waals surface area contributed by atoms with Crippen LogP contribution in [-0.4, -0.2) is 25.5 Å². The number of anilines is 1. The third kappa shape index (κ3) is 2.21. The van der Waals surface area contributed by atoms with E-state index in [9.17, 15) is 9.59 Å². The molecule has 0 bridgehead atoms. The molecule has 1 amide bonds. The molecule has 1 N–H and O–H groups in total. The topological polar surface area (TPSA) is 89.2 Å². The smallest absolute Gasteiger partial charge is 0.271 e. The van der Waals surface area contributed by atoms with Gasteiger partial charge < -0.3 is 0 Å². The van der Waals surface area contributed by atoms with Gasteiger partial charge in [0.1, 0.15) is 10.6 Å². The van der Waals surface area contributed by atoms with Crippen molar-refractivity contribution in [3.05, 3.63) is 38.2 Å². The highest BCUT2D eigenvalue weighted by atomic mass is 32.1. The van der Waals surface area contributed by atoms with Gasteiger partial charge in [0, 0.05) is 17.3 Å². The number of fused-ring (bicyclic) bond motifs is 1. The minimum atomic E-state index is -0.531. The number of aromatic nitrogens is 4. The van der Waals surface area contributed by atoms with Crippen LogP contribution in [0.15, 0.2) is 17.2 Å². The van der Waals surface area contributed by atoms with Crippen LogP contribution >= 0.6 is 22.7 Å². The average Bonchev–Trinajstić information content (AvgIpc) is 2.95. The first-order chi connectivity index (χ1) is 9.54. The van der Waals surface area contributed by atoms with E-state index in [1.165, 1.54) is 33.3 Å². The Labute approximate surface area is 120 Å². The Balaban J connectivity index is 1.99. The summed E-state index contributed by atoms with van der Waals surface area (Å²) < 4.78 is 1.38. The predicted octanol–water partition coefficient (Wildman–Crippen LogP) is 1.48. The van der Waals surface area contributed by atoms with Crippen LogP contribution in [0, 0.1) is 13.8 Å². The number of thiazole rings is 1. The molecule has 102 valence electrons. The maximum atomic E-state index is 12.2. The summed E-state index contributed by atoms with van der Waals surface area (Å²) in [5, 5.41) is 11.2. The fraction of sp³-hybridized carbons (Fsp3) is 0.182. The molecule has 0 fully saturated rings. The molecule has 9 heteroatoms. The van der Waals surface area contributed by atoms with Crippen LogP contribution < -0.4 is 10.9 Å². The van der Waals surface area contributed by atoms with Gasteiger partial charge in [0.2, 0.25) is 5.13 Å². The van der Waals surface area contributed by atoms with Crippen LogP contribution in [0.1, 0.15) is 20.2 Å². The number of hydrogen-bond acceptors (Lipinski definition) is 7. The Kier molecular flexibility index (Phi) is 3.07. The van der Waals surface area contributed by atoms with Crippen LogP contribution in [0.4, 0.5) is 5.13 Å². The van der Waals surface area contributed by atoms with Crippen molar-refractivity contribution in [3.8, 4) is 0 Å². The highest BCUT2D eigenvalue weighted by Gasteiger charge is 2.16. The predicted molar refractivity (Wildman–Crippen MR) is 76.7 cm³/mol. The largest absolute Gasteiger partial charge is 0.296 e. The van der Waals surface area contributed by atoms with Crippen molar-refractivity contribution in [3.63, 3.8) is 0 Å². The molecule has 7 nitrogen and oxygen atoms in total. The van der Waals surface area contributed by atoms with Gasteiger partial charge in [-0.15, -0.1) is 21.5 Å². The van der Waals surface area contributed by atoms with Crippen molar-refractivity contribution in [2.24, 2.45) is 0 Å². The summed E-state index contributed by atoms with van der Waals surface area (Å²) in [4.78, 5) is 29.9. The number of nitrogens with one attached hydrogen (secondary N) is 1. The second-order valence-electron chi connectivity index (χ2n) is 4.05. The van der Waals surface area contributed by atoms with Crippen LogP contribution in [0.2, 0.25) is 0 Å². The summed E-state index contributed by atoms with van der Waals surface area (Å²) in [6.45, 7) is 3.66. The average molecular weight is 307 g/mol. The molecule has 0 atom stereocenters. The Morgan fingerprint density at radius 1 is 1.30 bits per heavy atom. The van der Waals surface area contributed by atoms with E-state index < -0.39 is 11.5 Å². The van der Waals surface area contributed by atoms with Gasteiger partial charge in [-0.3, -0.25) is 19.3 Å². The Bertz CT molecular complexity index is 863. The SMILES string of the molecule is Cc1cn2c(=O)c(C(=O)Nc3nnc(C)s3)cnc2s1. The van der Waals surface area contributed by atoms with Crippen molar-refractivity contribution < 1.29 is 4.79 Å². The Hall–Kier alpha value is -2.13. The molecular formula is C11H9N5O2S2. The van der Waals surface area contributed by atoms with Crippen LogP contribution in [0.3, 0.4) is 0 Å². The summed E-state index contributed by atoms with van der Waals surface area (Å²) in [6, 6.07) is 0. The number of hydrogen-bond donors (Lipinski definition) is 1. The monoisotopic (exact) mass is 307 g/mol. The van der Waals surface area contributed by atoms with Crippen LogP contribution in [-0.2, 0) is 0 Å². The van der Waals surface area contributed by atoms with Crippen molar-refractivity contribution >= 4 is 38.7 Å². The zero-order valence-corrected chi connectivity index (χ0v) is 12.2. The van der Waals surface area contributed by atoms with Gasteiger partial charge >= 0.3 is 0 Å². The lowest BCUT2D eigenvalue weighted by Crippen LogP contribution is -2.25. The van der Waals surface area contributed by atoms with Crippen molar-refractivity contribution in [2.45, 2.75) is 13.8 Å². The molecule has 0 aromatic carbocycles. The van der Waals surface area contributed by atoms with Gasteiger partial charge in [-0.2, -0.15) is 0 Å². The first-order valence-electron chi connectivity index (χ1n) is 5.64. The number of carbonyl (C=O) groups excluding carboxylic acids is 1. The van der Waals surface area contributed by atoms with Gasteiger partial charge in [0.15, 0.2) is 4.96 Å². The van der Waals surface area contributed by atoms with E-state index in [2.05, 4.69) is 20.5 Å². The van der Waals surface area contributed by atoms with E-state index in [0.717, 1.165) is 9.88 Å². The molecule has 3 aromatic rings. The quantitative estimate of drug-likeness (QED) is 0.774. The number of carbonyl (C=O) groups is 1. The maximum absolute atomic E-state index is 12.2. The van der Waals surface area contributed by atoms with E-state index in [1.807, 2.05) is 6.92 Å². The standard InChI is InChI=1S/C11H9N5O2S2/c1-5-4-16-9(18)7(3-12-11(16)19-5)8(17)13-10-15-14-6(2)20-10/h3-4H,1-2H3,(H,13,15,17). The molecule has 0 spiro atoms. The molecule has 3 heterocycles. The number of nitrogens with zero attached hydrogens (tertiary/aromatic N) is 4. The van der Waals surface area contributed by atoms with Crippen molar-refractivity contribution in [1.29, 1.82) is 0 Å². The van der Waals surface area contributed by atoms with E-state index in [0.29, 0.717) is 10.1 Å². The summed E-state index contributed by atoms with van der Waals surface area (Å²) in [5.41, 5.74) is -0.411. The third-order valence-electron chi connectivity index (χ3n) is 2.51. The molecule has 0 radical (unpaired) electrons. The summed E-state index contributed by atoms with van der Waals surface area (Å²) >= 11 is 2.64. The lowest BCUT2D eigenvalue weighted by molar-refractivity contribution is 0.102. The molecule has 3 rings (SSSR count). The fourth-order valence-electron chi connectivity index (χ4n) is 1.66. The molecule has 0 aliphatic heterocycles. The molecular weight excluding hydrogens is 298 g/mol. The van der Waals surface area contributed by atoms with Crippen molar-refractivity contribution in [2.75, 3.05) is 5.32 Å². The van der Waals surface area contributed by atoms with Gasteiger partial charge in [0.05, 0.1) is 0 Å². The first-order valence-corrected chi connectivity index (χ1v) is 7.27. The molecule has 3 aromatic heterocycles. The Morgan fingerprint density at radius 2 is 2.10 bits per heavy atom. The molecule has 0 aliphatic carbocycles. The van der Waals surface area contributed by atoms with E-state index in [4.69, 9.17) is 0 Å². The molecule has 0 saturated carbocycles. The fourth-order valence-corrected chi connectivity index (χ4v) is 3.03. The highest BCUT2D eigenvalue weighted by molar-refractivity contribution is 7.17. The Morgan fingerprint density at radius 3 is 2.80 bits per heavy atom. The van der Waals surface area contributed by atoms with Crippen molar-refractivity contribution in [1.82, 2.24) is 19.6 Å². The highest BCUT2D eigenvalue weighted by Crippen LogP contribution is 2.15. The molecule has 20 heavy (non-hydrogen) atoms. The van der Waals surface area contributed by atoms with Gasteiger partial charge in [0.25, 0.3) is 11.5 Å². The lowest BCUT2D eigenvalue weighted by Gasteiger charge is -2.00. The van der Waals surface area contributed by atoms with Crippen LogP contribution in [0.5, 0.6) is 0 Å². The molecule has 0 unspecified atom stereocenters. The van der Waals surface area contributed by atoms with Gasteiger partial charge in [-0.1, -0.05) is 11.3 Å². The normalized spacial score (nSPS) is 10.9. The first kappa shape index (κ1) is 12.9. The van der Waals surface area contributed by atoms with E-state index in [-0.39, 0.29) is 5.56 Å². The second-order valence-corrected chi connectivity index (χ2v) is 6.45. The molecule has 0 aliphatic rings. The summed E-state index contributed by atoms with van der Waals surface area (Å²) in [5.74, 6) is -0.531. The van der Waals surface area contributed by atoms with E-state index in [1.54, 1.807) is 13.1 Å². The zero-order valence-electron chi connectivity index (χ0n) is 10.6. The number of amides is 1. The second kappa shape index (κ2) is 4.76.